The molecule has 2 aliphatic rings. The number of para-hydroxylation sites is 1. The summed E-state index contributed by atoms with van der Waals surface area (Å²) in [7, 11) is 0. The Bertz CT molecular complexity index is 756. The highest BCUT2D eigenvalue weighted by Crippen LogP contribution is 2.20. The third kappa shape index (κ3) is 4.91. The quantitative estimate of drug-likeness (QED) is 0.753. The molecule has 6 nitrogen and oxygen atoms in total. The lowest BCUT2D eigenvalue weighted by Crippen LogP contribution is -2.46. The van der Waals surface area contributed by atoms with E-state index in [2.05, 4.69) is 61.8 Å². The maximum absolute atomic E-state index is 5.60. The lowest BCUT2D eigenvalue weighted by Gasteiger charge is -2.36. The summed E-state index contributed by atoms with van der Waals surface area (Å²) in [4.78, 5) is 9.38. The first-order valence-corrected chi connectivity index (χ1v) is 10.4. The summed E-state index contributed by atoms with van der Waals surface area (Å²) < 4.78 is 5.60. The number of pyridine rings is 1. The summed E-state index contributed by atoms with van der Waals surface area (Å²) in [6.45, 7) is 5.55. The van der Waals surface area contributed by atoms with Gasteiger partial charge in [-0.25, -0.2) is 4.98 Å². The predicted octanol–water partition coefficient (Wildman–Crippen LogP) is 2.87. The zero-order chi connectivity index (χ0) is 19.2. The molecule has 0 amide bonds. The van der Waals surface area contributed by atoms with Crippen LogP contribution in [0.4, 0.5) is 17.2 Å². The molecule has 0 radical (unpaired) electrons. The molecule has 3 heterocycles. The summed E-state index contributed by atoms with van der Waals surface area (Å²) in [5, 5.41) is 7.04. The summed E-state index contributed by atoms with van der Waals surface area (Å²) >= 11 is 5.37. The average Bonchev–Trinajstić information content (AvgIpc) is 3.27. The topological polar surface area (TPSA) is 52.7 Å². The molecule has 148 valence electrons. The lowest BCUT2D eigenvalue weighted by atomic mass is 10.2. The number of nitrogens with zero attached hydrogens (tertiary/aromatic N) is 3. The van der Waals surface area contributed by atoms with Gasteiger partial charge in [0.2, 0.25) is 0 Å². The fourth-order valence-electron chi connectivity index (χ4n) is 3.67. The summed E-state index contributed by atoms with van der Waals surface area (Å²) in [6.07, 6.45) is 4.36. The van der Waals surface area contributed by atoms with E-state index in [9.17, 15) is 0 Å². The normalized spacial score (nSPS) is 19.5. The van der Waals surface area contributed by atoms with Gasteiger partial charge in [-0.05, 0) is 49.3 Å². The highest BCUT2D eigenvalue weighted by Gasteiger charge is 2.18. The molecule has 2 fully saturated rings. The second kappa shape index (κ2) is 9.21. The first-order chi connectivity index (χ1) is 13.8. The van der Waals surface area contributed by atoms with E-state index in [0.29, 0.717) is 5.11 Å². The van der Waals surface area contributed by atoms with Gasteiger partial charge < -0.3 is 25.2 Å². The Hall–Kier alpha value is -2.38. The van der Waals surface area contributed by atoms with Crippen molar-refractivity contribution in [2.24, 2.45) is 0 Å². The predicted molar refractivity (Wildman–Crippen MR) is 118 cm³/mol. The SMILES string of the molecule is S=C(NCC1CCCO1)Nc1ccc(N2CCN(c3ccccc3)CC2)nc1. The minimum atomic E-state index is 0.273. The molecule has 2 saturated heterocycles. The Labute approximate surface area is 171 Å². The van der Waals surface area contributed by atoms with Crippen LogP contribution < -0.4 is 20.4 Å². The average molecular weight is 398 g/mol. The van der Waals surface area contributed by atoms with Crippen LogP contribution in [0.5, 0.6) is 0 Å². The highest BCUT2D eigenvalue weighted by atomic mass is 32.1. The second-order valence-electron chi connectivity index (χ2n) is 7.18. The minimum absolute atomic E-state index is 0.273. The van der Waals surface area contributed by atoms with Crippen LogP contribution in [0, 0.1) is 0 Å². The van der Waals surface area contributed by atoms with Crippen molar-refractivity contribution < 1.29 is 4.74 Å². The van der Waals surface area contributed by atoms with Gasteiger partial charge >= 0.3 is 0 Å². The number of benzene rings is 1. The Balaban J connectivity index is 1.25. The standard InChI is InChI=1S/C21H27N5OS/c28-21(23-16-19-7-4-14-27-19)24-17-8-9-20(22-15-17)26-12-10-25(11-13-26)18-5-2-1-3-6-18/h1-3,5-6,8-9,15,19H,4,7,10-14,16H2,(H2,23,24,28). The number of nitrogens with one attached hydrogen (secondary N) is 2. The van der Waals surface area contributed by atoms with E-state index in [1.54, 1.807) is 0 Å². The fraction of sp³-hybridized carbons (Fsp3) is 0.429. The molecular weight excluding hydrogens is 370 g/mol. The Morgan fingerprint density at radius 2 is 1.86 bits per heavy atom. The summed E-state index contributed by atoms with van der Waals surface area (Å²) in [5.41, 5.74) is 2.19. The van der Waals surface area contributed by atoms with Gasteiger partial charge in [0, 0.05) is 45.0 Å². The van der Waals surface area contributed by atoms with E-state index in [0.717, 1.165) is 63.7 Å². The van der Waals surface area contributed by atoms with Crippen LogP contribution >= 0.6 is 12.2 Å². The molecule has 7 heteroatoms. The molecule has 0 bridgehead atoms. The van der Waals surface area contributed by atoms with E-state index < -0.39 is 0 Å². The molecule has 28 heavy (non-hydrogen) atoms. The zero-order valence-corrected chi connectivity index (χ0v) is 16.8. The van der Waals surface area contributed by atoms with E-state index in [-0.39, 0.29) is 6.10 Å². The monoisotopic (exact) mass is 397 g/mol. The molecule has 4 rings (SSSR count). The van der Waals surface area contributed by atoms with E-state index in [1.165, 1.54) is 5.69 Å². The molecule has 1 atom stereocenters. The first-order valence-electron chi connectivity index (χ1n) is 9.95. The Kier molecular flexibility index (Phi) is 6.24. The molecule has 1 unspecified atom stereocenters. The van der Waals surface area contributed by atoms with Crippen molar-refractivity contribution in [1.29, 1.82) is 0 Å². The van der Waals surface area contributed by atoms with E-state index in [4.69, 9.17) is 17.0 Å². The van der Waals surface area contributed by atoms with Crippen LogP contribution in [0.3, 0.4) is 0 Å². The lowest BCUT2D eigenvalue weighted by molar-refractivity contribution is 0.114. The molecule has 1 aromatic carbocycles. The molecular formula is C21H27N5OS. The number of hydrogen-bond acceptors (Lipinski definition) is 5. The molecule has 0 aliphatic carbocycles. The molecule has 0 saturated carbocycles. The van der Waals surface area contributed by atoms with Crippen molar-refractivity contribution in [2.45, 2.75) is 18.9 Å². The third-order valence-corrected chi connectivity index (χ3v) is 5.49. The third-order valence-electron chi connectivity index (χ3n) is 5.25. The Morgan fingerprint density at radius 1 is 1.07 bits per heavy atom. The molecule has 1 aromatic heterocycles. The van der Waals surface area contributed by atoms with Crippen LogP contribution in [0.1, 0.15) is 12.8 Å². The zero-order valence-electron chi connectivity index (χ0n) is 16.0. The van der Waals surface area contributed by atoms with Crippen LogP contribution in [0.2, 0.25) is 0 Å². The van der Waals surface area contributed by atoms with Crippen molar-refractivity contribution in [1.82, 2.24) is 10.3 Å². The minimum Gasteiger partial charge on any atom is -0.376 e. The maximum atomic E-state index is 5.60. The van der Waals surface area contributed by atoms with E-state index in [1.807, 2.05) is 12.3 Å². The van der Waals surface area contributed by atoms with Crippen LogP contribution in [0.15, 0.2) is 48.7 Å². The van der Waals surface area contributed by atoms with Crippen molar-refractivity contribution in [3.8, 4) is 0 Å². The first kappa shape index (κ1) is 19.0. The van der Waals surface area contributed by atoms with Crippen molar-refractivity contribution in [2.75, 3.05) is 54.4 Å². The maximum Gasteiger partial charge on any atom is 0.170 e. The van der Waals surface area contributed by atoms with Gasteiger partial charge in [-0.15, -0.1) is 0 Å². The molecule has 2 aromatic rings. The van der Waals surface area contributed by atoms with Gasteiger partial charge in [-0.2, -0.15) is 0 Å². The van der Waals surface area contributed by atoms with Crippen LogP contribution in [-0.4, -0.2) is 55.5 Å². The summed E-state index contributed by atoms with van der Waals surface area (Å²) in [6, 6.07) is 14.7. The molecule has 0 spiro atoms. The van der Waals surface area contributed by atoms with Crippen LogP contribution in [0.25, 0.3) is 0 Å². The summed E-state index contributed by atoms with van der Waals surface area (Å²) in [5.74, 6) is 1.01. The second-order valence-corrected chi connectivity index (χ2v) is 7.59. The Morgan fingerprint density at radius 3 is 2.54 bits per heavy atom. The number of ether oxygens (including phenoxy) is 1. The number of rotatable bonds is 5. The number of aromatic nitrogens is 1. The smallest absolute Gasteiger partial charge is 0.170 e. The fourth-order valence-corrected chi connectivity index (χ4v) is 3.87. The van der Waals surface area contributed by atoms with Gasteiger partial charge in [0.15, 0.2) is 5.11 Å². The largest absolute Gasteiger partial charge is 0.376 e. The number of thiocarbonyl (C=S) groups is 1. The van der Waals surface area contributed by atoms with Crippen molar-refractivity contribution in [3.63, 3.8) is 0 Å². The van der Waals surface area contributed by atoms with E-state index >= 15 is 0 Å². The van der Waals surface area contributed by atoms with Crippen molar-refractivity contribution >= 4 is 34.5 Å². The van der Waals surface area contributed by atoms with Gasteiger partial charge in [-0.3, -0.25) is 0 Å². The van der Waals surface area contributed by atoms with Gasteiger partial charge in [0.1, 0.15) is 5.82 Å². The van der Waals surface area contributed by atoms with Crippen molar-refractivity contribution in [3.05, 3.63) is 48.7 Å². The highest BCUT2D eigenvalue weighted by molar-refractivity contribution is 7.80. The molecule has 2 N–H and O–H groups in total. The number of hydrogen-bond donors (Lipinski definition) is 2. The molecule has 2 aliphatic heterocycles. The van der Waals surface area contributed by atoms with Crippen LogP contribution in [-0.2, 0) is 4.74 Å². The van der Waals surface area contributed by atoms with Gasteiger partial charge in [-0.1, -0.05) is 18.2 Å². The number of piperazine rings is 1. The van der Waals surface area contributed by atoms with Gasteiger partial charge in [0.25, 0.3) is 0 Å². The van der Waals surface area contributed by atoms with Gasteiger partial charge in [0.05, 0.1) is 18.0 Å². The number of anilines is 3.